The van der Waals surface area contributed by atoms with E-state index in [1.54, 1.807) is 0 Å². The van der Waals surface area contributed by atoms with Gasteiger partial charge in [0.1, 0.15) is 6.17 Å². The SMILES string of the molecule is CCCCCCCCCCCCCCCCCCN1C=CN(CCC)C1c1ccccc1. The summed E-state index contributed by atoms with van der Waals surface area (Å²) in [5.74, 6) is 0. The van der Waals surface area contributed by atoms with Gasteiger partial charge in [-0.2, -0.15) is 0 Å². The van der Waals surface area contributed by atoms with Crippen LogP contribution in [0.5, 0.6) is 0 Å². The molecule has 182 valence electrons. The van der Waals surface area contributed by atoms with Crippen molar-refractivity contribution in [1.29, 1.82) is 0 Å². The van der Waals surface area contributed by atoms with Crippen molar-refractivity contribution in [2.45, 2.75) is 129 Å². The molecule has 0 N–H and O–H groups in total. The molecule has 0 fully saturated rings. The molecule has 1 unspecified atom stereocenters. The zero-order valence-corrected chi connectivity index (χ0v) is 21.4. The molecule has 2 nitrogen and oxygen atoms in total. The Morgan fingerprint density at radius 3 is 1.41 bits per heavy atom. The summed E-state index contributed by atoms with van der Waals surface area (Å²) >= 11 is 0. The minimum atomic E-state index is 0.396. The van der Waals surface area contributed by atoms with Gasteiger partial charge in [0, 0.05) is 25.5 Å². The monoisotopic (exact) mass is 440 g/mol. The highest BCUT2D eigenvalue weighted by molar-refractivity contribution is 5.21. The van der Waals surface area contributed by atoms with Crippen LogP contribution in [0.4, 0.5) is 0 Å². The van der Waals surface area contributed by atoms with Gasteiger partial charge in [-0.1, -0.05) is 140 Å². The van der Waals surface area contributed by atoms with Crippen molar-refractivity contribution < 1.29 is 0 Å². The first kappa shape index (κ1) is 26.8. The van der Waals surface area contributed by atoms with Gasteiger partial charge in [0.25, 0.3) is 0 Å². The lowest BCUT2D eigenvalue weighted by atomic mass is 10.0. The minimum Gasteiger partial charge on any atom is -0.352 e. The van der Waals surface area contributed by atoms with Crippen LogP contribution in [0.1, 0.15) is 135 Å². The Morgan fingerprint density at radius 1 is 0.500 bits per heavy atom. The molecule has 0 radical (unpaired) electrons. The molecule has 1 aromatic carbocycles. The Balaban J connectivity index is 1.45. The first-order chi connectivity index (χ1) is 15.9. The van der Waals surface area contributed by atoms with Crippen LogP contribution >= 0.6 is 0 Å². The van der Waals surface area contributed by atoms with Crippen LogP contribution in [0.3, 0.4) is 0 Å². The van der Waals surface area contributed by atoms with Gasteiger partial charge in [-0.25, -0.2) is 0 Å². The van der Waals surface area contributed by atoms with Crippen molar-refractivity contribution in [2.24, 2.45) is 0 Å². The molecule has 0 bridgehead atoms. The average Bonchev–Trinajstić information content (AvgIpc) is 3.22. The fraction of sp³-hybridized carbons (Fsp3) is 0.733. The van der Waals surface area contributed by atoms with E-state index in [1.807, 2.05) is 0 Å². The van der Waals surface area contributed by atoms with Gasteiger partial charge in [-0.3, -0.25) is 0 Å². The molecule has 1 aromatic rings. The molecule has 0 amide bonds. The predicted molar refractivity (Wildman–Crippen MR) is 142 cm³/mol. The van der Waals surface area contributed by atoms with Crippen molar-refractivity contribution in [3.8, 4) is 0 Å². The van der Waals surface area contributed by atoms with Crippen molar-refractivity contribution in [1.82, 2.24) is 9.80 Å². The predicted octanol–water partition coefficient (Wildman–Crippen LogP) is 9.45. The van der Waals surface area contributed by atoms with Crippen LogP contribution in [-0.4, -0.2) is 22.9 Å². The topological polar surface area (TPSA) is 6.48 Å². The fourth-order valence-corrected chi connectivity index (χ4v) is 5.03. The van der Waals surface area contributed by atoms with Gasteiger partial charge in [0.05, 0.1) is 0 Å². The zero-order chi connectivity index (χ0) is 22.7. The highest BCUT2D eigenvalue weighted by Gasteiger charge is 2.26. The summed E-state index contributed by atoms with van der Waals surface area (Å²) in [4.78, 5) is 5.05. The largest absolute Gasteiger partial charge is 0.352 e. The summed E-state index contributed by atoms with van der Waals surface area (Å²) in [6, 6.07) is 11.0. The van der Waals surface area contributed by atoms with Crippen LogP contribution in [0.2, 0.25) is 0 Å². The van der Waals surface area contributed by atoms with E-state index in [4.69, 9.17) is 0 Å². The number of hydrogen-bond donors (Lipinski definition) is 0. The lowest BCUT2D eigenvalue weighted by Gasteiger charge is -2.33. The van der Waals surface area contributed by atoms with Gasteiger partial charge in [-0.05, 0) is 18.4 Å². The maximum absolute atomic E-state index is 2.55. The van der Waals surface area contributed by atoms with Crippen LogP contribution in [0.25, 0.3) is 0 Å². The first-order valence-electron chi connectivity index (χ1n) is 14.1. The van der Waals surface area contributed by atoms with Gasteiger partial charge in [0.2, 0.25) is 0 Å². The van der Waals surface area contributed by atoms with Crippen LogP contribution < -0.4 is 0 Å². The number of nitrogens with zero attached hydrogens (tertiary/aromatic N) is 2. The van der Waals surface area contributed by atoms with E-state index in [-0.39, 0.29) is 0 Å². The van der Waals surface area contributed by atoms with Gasteiger partial charge in [0.15, 0.2) is 0 Å². The number of unbranched alkanes of at least 4 members (excludes halogenated alkanes) is 15. The molecule has 1 heterocycles. The third kappa shape index (κ3) is 10.9. The molecule has 2 heteroatoms. The highest BCUT2D eigenvalue weighted by Crippen LogP contribution is 2.31. The molecule has 0 saturated heterocycles. The van der Waals surface area contributed by atoms with Gasteiger partial charge < -0.3 is 9.80 Å². The van der Waals surface area contributed by atoms with Crippen molar-refractivity contribution in [3.63, 3.8) is 0 Å². The molecule has 0 aliphatic carbocycles. The van der Waals surface area contributed by atoms with Gasteiger partial charge >= 0.3 is 0 Å². The zero-order valence-electron chi connectivity index (χ0n) is 21.4. The van der Waals surface area contributed by atoms with Crippen LogP contribution in [0, 0.1) is 0 Å². The first-order valence-corrected chi connectivity index (χ1v) is 14.1. The summed E-state index contributed by atoms with van der Waals surface area (Å²) in [5.41, 5.74) is 1.42. The van der Waals surface area contributed by atoms with Crippen molar-refractivity contribution in [3.05, 3.63) is 48.3 Å². The summed E-state index contributed by atoms with van der Waals surface area (Å²) in [6.07, 6.45) is 29.1. The third-order valence-electron chi connectivity index (χ3n) is 6.93. The van der Waals surface area contributed by atoms with E-state index in [0.717, 1.165) is 6.54 Å². The molecule has 1 aliphatic rings. The minimum absolute atomic E-state index is 0.396. The second kappa shape index (κ2) is 18.0. The second-order valence-electron chi connectivity index (χ2n) is 9.86. The summed E-state index contributed by atoms with van der Waals surface area (Å²) in [5, 5.41) is 0. The number of benzene rings is 1. The summed E-state index contributed by atoms with van der Waals surface area (Å²) < 4.78 is 0. The lowest BCUT2D eigenvalue weighted by Crippen LogP contribution is -2.31. The van der Waals surface area contributed by atoms with Crippen molar-refractivity contribution in [2.75, 3.05) is 13.1 Å². The second-order valence-corrected chi connectivity index (χ2v) is 9.86. The van der Waals surface area contributed by atoms with E-state index in [1.165, 1.54) is 121 Å². The lowest BCUT2D eigenvalue weighted by molar-refractivity contribution is 0.152. The third-order valence-corrected chi connectivity index (χ3v) is 6.93. The number of rotatable bonds is 20. The Morgan fingerprint density at radius 2 is 0.938 bits per heavy atom. The molecular weight excluding hydrogens is 388 g/mol. The fourth-order valence-electron chi connectivity index (χ4n) is 5.03. The van der Waals surface area contributed by atoms with Crippen molar-refractivity contribution >= 4 is 0 Å². The van der Waals surface area contributed by atoms with Gasteiger partial charge in [-0.15, -0.1) is 0 Å². The van der Waals surface area contributed by atoms with Crippen LogP contribution in [-0.2, 0) is 0 Å². The summed E-state index contributed by atoms with van der Waals surface area (Å²) in [7, 11) is 0. The van der Waals surface area contributed by atoms with E-state index < -0.39 is 0 Å². The average molecular weight is 441 g/mol. The molecule has 32 heavy (non-hydrogen) atoms. The normalized spacial score (nSPS) is 15.8. The van der Waals surface area contributed by atoms with E-state index in [0.29, 0.717) is 6.17 Å². The van der Waals surface area contributed by atoms with E-state index >= 15 is 0 Å². The molecular formula is C30H52N2. The number of hydrogen-bond acceptors (Lipinski definition) is 2. The highest BCUT2D eigenvalue weighted by atomic mass is 15.4. The molecule has 0 aromatic heterocycles. The Kier molecular flexibility index (Phi) is 15.1. The molecule has 1 aliphatic heterocycles. The quantitative estimate of drug-likeness (QED) is 0.186. The molecule has 0 spiro atoms. The molecule has 0 saturated carbocycles. The maximum Gasteiger partial charge on any atom is 0.127 e. The Labute approximate surface area is 200 Å². The maximum atomic E-state index is 2.55. The smallest absolute Gasteiger partial charge is 0.127 e. The molecule has 1 atom stereocenters. The Bertz CT molecular complexity index is 567. The molecule has 2 rings (SSSR count). The standard InChI is InChI=1S/C30H52N2/c1-3-5-6-7-8-9-10-11-12-13-14-15-16-17-18-22-26-32-28-27-31(25-4-2)30(32)29-23-20-19-21-24-29/h19-21,23-24,27-28,30H,3-18,22,25-26H2,1-2H3. The Hall–Kier alpha value is -1.44. The van der Waals surface area contributed by atoms with Crippen LogP contribution in [0.15, 0.2) is 42.7 Å². The van der Waals surface area contributed by atoms with E-state index in [2.05, 4.69) is 66.4 Å². The summed E-state index contributed by atoms with van der Waals surface area (Å²) in [6.45, 7) is 6.88. The van der Waals surface area contributed by atoms with E-state index in [9.17, 15) is 0 Å².